The van der Waals surface area contributed by atoms with Crippen molar-refractivity contribution in [2.24, 2.45) is 0 Å². The van der Waals surface area contributed by atoms with Crippen molar-refractivity contribution in [2.75, 3.05) is 18.0 Å². The van der Waals surface area contributed by atoms with E-state index in [4.69, 9.17) is 12.2 Å². The van der Waals surface area contributed by atoms with Gasteiger partial charge in [-0.3, -0.25) is 0 Å². The van der Waals surface area contributed by atoms with Crippen LogP contribution in [0.1, 0.15) is 0 Å². The molecule has 3 aromatic rings. The van der Waals surface area contributed by atoms with Gasteiger partial charge in [0.1, 0.15) is 0 Å². The molecule has 3 rings (SSSR count). The lowest BCUT2D eigenvalue weighted by molar-refractivity contribution is 0.987. The number of nitrogens with one attached hydrogen (secondary N) is 2. The first-order chi connectivity index (χ1) is 12.3. The third kappa shape index (κ3) is 5.38. The highest BCUT2D eigenvalue weighted by Crippen LogP contribution is 2.32. The van der Waals surface area contributed by atoms with E-state index >= 15 is 0 Å². The van der Waals surface area contributed by atoms with Gasteiger partial charge >= 0.3 is 0 Å². The van der Waals surface area contributed by atoms with Crippen LogP contribution < -0.4 is 21.2 Å². The Morgan fingerprint density at radius 3 is 1.72 bits per heavy atom. The van der Waals surface area contributed by atoms with Gasteiger partial charge in [0.2, 0.25) is 0 Å². The number of benzene rings is 3. The van der Waals surface area contributed by atoms with Crippen LogP contribution in [0.3, 0.4) is 0 Å². The summed E-state index contributed by atoms with van der Waals surface area (Å²) >= 11 is 5.41. The standard InChI is InChI=1S/C21H21N2PS/c25-21(23-18-10-4-1-5-11-18)22-16-17-24(19-12-6-2-7-13-19)20-14-8-3-9-15-20/h1-15H,16-17H2,(H2,22,23,25). The number of para-hydroxylation sites is 1. The fourth-order valence-electron chi connectivity index (χ4n) is 2.60. The van der Waals surface area contributed by atoms with Gasteiger partial charge in [0.15, 0.2) is 5.11 Å². The van der Waals surface area contributed by atoms with Crippen molar-refractivity contribution >= 4 is 41.5 Å². The summed E-state index contributed by atoms with van der Waals surface area (Å²) in [6, 6.07) is 31.5. The summed E-state index contributed by atoms with van der Waals surface area (Å²) in [7, 11) is -0.391. The SMILES string of the molecule is S=C(NCCP(c1ccccc1)c1ccccc1)Nc1ccccc1. The van der Waals surface area contributed by atoms with Gasteiger partial charge in [-0.2, -0.15) is 0 Å². The predicted molar refractivity (Wildman–Crippen MR) is 115 cm³/mol. The zero-order chi connectivity index (χ0) is 17.3. The molecule has 0 unspecified atom stereocenters. The molecule has 25 heavy (non-hydrogen) atoms. The largest absolute Gasteiger partial charge is 0.362 e. The summed E-state index contributed by atoms with van der Waals surface area (Å²) < 4.78 is 0. The van der Waals surface area contributed by atoms with Gasteiger partial charge < -0.3 is 10.6 Å². The van der Waals surface area contributed by atoms with E-state index in [1.807, 2.05) is 30.3 Å². The predicted octanol–water partition coefficient (Wildman–Crippen LogP) is 4.11. The Morgan fingerprint density at radius 2 is 1.20 bits per heavy atom. The lowest BCUT2D eigenvalue weighted by atomic mass is 10.3. The molecule has 0 spiro atoms. The van der Waals surface area contributed by atoms with Gasteiger partial charge in [-0.05, 0) is 49.0 Å². The Morgan fingerprint density at radius 1 is 0.720 bits per heavy atom. The van der Waals surface area contributed by atoms with Gasteiger partial charge in [-0.1, -0.05) is 78.9 Å². The van der Waals surface area contributed by atoms with Crippen LogP contribution in [0.4, 0.5) is 5.69 Å². The quantitative estimate of drug-likeness (QED) is 0.509. The van der Waals surface area contributed by atoms with Crippen LogP contribution in [-0.2, 0) is 0 Å². The van der Waals surface area contributed by atoms with Crippen LogP contribution in [-0.4, -0.2) is 17.8 Å². The zero-order valence-corrected chi connectivity index (χ0v) is 15.6. The molecular formula is C21H21N2PS. The number of thiocarbonyl (C=S) groups is 1. The second-order valence-corrected chi connectivity index (χ2v) is 8.31. The lowest BCUT2D eigenvalue weighted by Gasteiger charge is -2.19. The molecule has 0 aliphatic heterocycles. The minimum atomic E-state index is -0.391. The van der Waals surface area contributed by atoms with E-state index in [0.717, 1.165) is 18.4 Å². The summed E-state index contributed by atoms with van der Waals surface area (Å²) in [5, 5.41) is 10.0. The molecule has 4 heteroatoms. The summed E-state index contributed by atoms with van der Waals surface area (Å²) in [5.74, 6) is 0. The minimum absolute atomic E-state index is 0.391. The van der Waals surface area contributed by atoms with Crippen LogP contribution in [0.2, 0.25) is 0 Å². The van der Waals surface area contributed by atoms with Gasteiger partial charge in [0.25, 0.3) is 0 Å². The average Bonchev–Trinajstić information content (AvgIpc) is 2.67. The molecule has 0 heterocycles. The van der Waals surface area contributed by atoms with Gasteiger partial charge in [-0.15, -0.1) is 0 Å². The van der Waals surface area contributed by atoms with E-state index < -0.39 is 7.92 Å². The number of rotatable bonds is 6. The van der Waals surface area contributed by atoms with Crippen molar-refractivity contribution < 1.29 is 0 Å². The molecule has 3 aromatic carbocycles. The molecule has 2 N–H and O–H groups in total. The van der Waals surface area contributed by atoms with E-state index in [2.05, 4.69) is 71.3 Å². The Balaban J connectivity index is 1.61. The molecule has 0 saturated carbocycles. The van der Waals surface area contributed by atoms with E-state index in [0.29, 0.717) is 5.11 Å². The first-order valence-corrected chi connectivity index (χ1v) is 10.2. The van der Waals surface area contributed by atoms with Crippen molar-refractivity contribution in [2.45, 2.75) is 0 Å². The molecule has 0 fully saturated rings. The third-order valence-corrected chi connectivity index (χ3v) is 6.55. The van der Waals surface area contributed by atoms with E-state index in [-0.39, 0.29) is 0 Å². The number of anilines is 1. The summed E-state index contributed by atoms with van der Waals surface area (Å²) in [5.41, 5.74) is 1.01. The number of hydrogen-bond acceptors (Lipinski definition) is 1. The molecule has 0 bridgehead atoms. The molecule has 0 aliphatic rings. The minimum Gasteiger partial charge on any atom is -0.362 e. The molecule has 126 valence electrons. The van der Waals surface area contributed by atoms with Gasteiger partial charge in [0, 0.05) is 12.2 Å². The first kappa shape index (κ1) is 17.6. The average molecular weight is 364 g/mol. The van der Waals surface area contributed by atoms with Crippen LogP contribution >= 0.6 is 20.1 Å². The van der Waals surface area contributed by atoms with Crippen molar-refractivity contribution in [3.63, 3.8) is 0 Å². The van der Waals surface area contributed by atoms with Crippen LogP contribution in [0.15, 0.2) is 91.0 Å². The molecule has 0 aliphatic carbocycles. The van der Waals surface area contributed by atoms with E-state index in [1.165, 1.54) is 10.6 Å². The lowest BCUT2D eigenvalue weighted by Crippen LogP contribution is -2.31. The third-order valence-electron chi connectivity index (χ3n) is 3.79. The molecular weight excluding hydrogens is 343 g/mol. The van der Waals surface area contributed by atoms with Crippen molar-refractivity contribution in [1.82, 2.24) is 5.32 Å². The van der Waals surface area contributed by atoms with Crippen LogP contribution in [0, 0.1) is 0 Å². The summed E-state index contributed by atoms with van der Waals surface area (Å²) in [6.45, 7) is 0.841. The van der Waals surface area contributed by atoms with Crippen LogP contribution in [0.25, 0.3) is 0 Å². The van der Waals surface area contributed by atoms with E-state index in [9.17, 15) is 0 Å². The Bertz CT molecular complexity index is 739. The Hall–Kier alpha value is -2.22. The Kier molecular flexibility index (Phi) is 6.55. The summed E-state index contributed by atoms with van der Waals surface area (Å²) in [6.07, 6.45) is 1.04. The molecule has 0 atom stereocenters. The highest BCUT2D eigenvalue weighted by atomic mass is 32.1. The maximum atomic E-state index is 5.41. The van der Waals surface area contributed by atoms with Crippen molar-refractivity contribution in [3.05, 3.63) is 91.0 Å². The van der Waals surface area contributed by atoms with Gasteiger partial charge in [0.05, 0.1) is 0 Å². The molecule has 0 radical (unpaired) electrons. The molecule has 2 nitrogen and oxygen atoms in total. The second-order valence-electron chi connectivity index (χ2n) is 5.57. The van der Waals surface area contributed by atoms with E-state index in [1.54, 1.807) is 0 Å². The second kappa shape index (κ2) is 9.31. The normalized spacial score (nSPS) is 10.4. The first-order valence-electron chi connectivity index (χ1n) is 8.30. The van der Waals surface area contributed by atoms with Crippen molar-refractivity contribution in [1.29, 1.82) is 0 Å². The highest BCUT2D eigenvalue weighted by molar-refractivity contribution is 7.80. The molecule has 0 amide bonds. The van der Waals surface area contributed by atoms with Crippen molar-refractivity contribution in [3.8, 4) is 0 Å². The van der Waals surface area contributed by atoms with Gasteiger partial charge in [-0.25, -0.2) is 0 Å². The maximum absolute atomic E-state index is 5.41. The maximum Gasteiger partial charge on any atom is 0.170 e. The summed E-state index contributed by atoms with van der Waals surface area (Å²) in [4.78, 5) is 0. The highest BCUT2D eigenvalue weighted by Gasteiger charge is 2.13. The fourth-order valence-corrected chi connectivity index (χ4v) is 5.04. The Labute approximate surface area is 156 Å². The molecule has 0 saturated heterocycles. The monoisotopic (exact) mass is 364 g/mol. The topological polar surface area (TPSA) is 24.1 Å². The zero-order valence-electron chi connectivity index (χ0n) is 13.9. The fraction of sp³-hybridized carbons (Fsp3) is 0.0952. The smallest absolute Gasteiger partial charge is 0.170 e. The number of hydrogen-bond donors (Lipinski definition) is 2. The molecule has 0 aromatic heterocycles. The van der Waals surface area contributed by atoms with Crippen LogP contribution in [0.5, 0.6) is 0 Å².